The molecule has 116 valence electrons. The molecule has 2 aromatic heterocycles. The highest BCUT2D eigenvalue weighted by Gasteiger charge is 2.47. The standard InChI is InChI=1S/C16H20N4OS/c1-3-14-17-18-15-9-19(6-7-20(14)15)16(21)12-8-11(12)13-5-4-10(2)22-13/h4-5,11-12H,3,6-9H2,1-2H3/t11-,12-/m0/s1. The largest absolute Gasteiger partial charge is 0.333 e. The molecular formula is C16H20N4OS. The minimum Gasteiger partial charge on any atom is -0.333 e. The van der Waals surface area contributed by atoms with Gasteiger partial charge in [0, 0.05) is 41.1 Å². The Bertz CT molecular complexity index is 720. The third kappa shape index (κ3) is 2.26. The van der Waals surface area contributed by atoms with E-state index >= 15 is 0 Å². The Balaban J connectivity index is 1.44. The fourth-order valence-electron chi connectivity index (χ4n) is 3.34. The molecule has 0 unspecified atom stereocenters. The zero-order valence-electron chi connectivity index (χ0n) is 13.0. The molecule has 22 heavy (non-hydrogen) atoms. The van der Waals surface area contributed by atoms with Crippen molar-refractivity contribution in [2.45, 2.75) is 45.7 Å². The van der Waals surface area contributed by atoms with Gasteiger partial charge in [0.1, 0.15) is 5.82 Å². The Morgan fingerprint density at radius 1 is 1.36 bits per heavy atom. The Labute approximate surface area is 134 Å². The van der Waals surface area contributed by atoms with Crippen LogP contribution in [-0.4, -0.2) is 32.1 Å². The number of amides is 1. The lowest BCUT2D eigenvalue weighted by atomic mass is 10.2. The molecule has 1 aliphatic carbocycles. The number of nitrogens with zero attached hydrogens (tertiary/aromatic N) is 4. The summed E-state index contributed by atoms with van der Waals surface area (Å²) in [4.78, 5) is 17.4. The first-order valence-electron chi connectivity index (χ1n) is 7.93. The van der Waals surface area contributed by atoms with Crippen LogP contribution in [0.15, 0.2) is 12.1 Å². The van der Waals surface area contributed by atoms with Crippen molar-refractivity contribution in [2.24, 2.45) is 5.92 Å². The van der Waals surface area contributed by atoms with Crippen LogP contribution in [0.5, 0.6) is 0 Å². The van der Waals surface area contributed by atoms with E-state index < -0.39 is 0 Å². The second kappa shape index (κ2) is 5.19. The van der Waals surface area contributed by atoms with Gasteiger partial charge in [-0.15, -0.1) is 21.5 Å². The highest BCUT2D eigenvalue weighted by molar-refractivity contribution is 7.12. The zero-order valence-corrected chi connectivity index (χ0v) is 13.8. The van der Waals surface area contributed by atoms with E-state index in [9.17, 15) is 4.79 Å². The summed E-state index contributed by atoms with van der Waals surface area (Å²) in [5.74, 6) is 2.87. The Morgan fingerprint density at radius 2 is 2.23 bits per heavy atom. The van der Waals surface area contributed by atoms with Crippen LogP contribution in [0.25, 0.3) is 0 Å². The number of hydrogen-bond donors (Lipinski definition) is 0. The molecule has 2 aromatic rings. The molecule has 1 fully saturated rings. The lowest BCUT2D eigenvalue weighted by Crippen LogP contribution is -2.39. The van der Waals surface area contributed by atoms with Crippen LogP contribution in [0.1, 0.15) is 40.7 Å². The van der Waals surface area contributed by atoms with Crippen LogP contribution in [-0.2, 0) is 24.3 Å². The average molecular weight is 316 g/mol. The monoisotopic (exact) mass is 316 g/mol. The van der Waals surface area contributed by atoms with E-state index in [0.717, 1.165) is 37.6 Å². The molecule has 1 amide bonds. The molecule has 0 saturated heterocycles. The van der Waals surface area contributed by atoms with Crippen molar-refractivity contribution in [3.63, 3.8) is 0 Å². The van der Waals surface area contributed by atoms with Crippen LogP contribution in [0.2, 0.25) is 0 Å². The number of aryl methyl sites for hydroxylation is 2. The summed E-state index contributed by atoms with van der Waals surface area (Å²) in [6, 6.07) is 4.33. The maximum absolute atomic E-state index is 12.7. The molecule has 4 rings (SSSR count). The number of rotatable bonds is 3. The minimum atomic E-state index is 0.179. The quantitative estimate of drug-likeness (QED) is 0.873. The molecule has 0 radical (unpaired) electrons. The van der Waals surface area contributed by atoms with Crippen LogP contribution in [0.4, 0.5) is 0 Å². The van der Waals surface area contributed by atoms with Gasteiger partial charge in [-0.05, 0) is 25.5 Å². The normalized spacial score (nSPS) is 23.5. The van der Waals surface area contributed by atoms with Gasteiger partial charge in [0.15, 0.2) is 5.82 Å². The summed E-state index contributed by atoms with van der Waals surface area (Å²) in [5.41, 5.74) is 0. The van der Waals surface area contributed by atoms with Crippen molar-refractivity contribution in [1.82, 2.24) is 19.7 Å². The first-order chi connectivity index (χ1) is 10.7. The predicted octanol–water partition coefficient (Wildman–Crippen LogP) is 2.36. The lowest BCUT2D eigenvalue weighted by Gasteiger charge is -2.28. The van der Waals surface area contributed by atoms with Gasteiger partial charge in [0.25, 0.3) is 0 Å². The maximum atomic E-state index is 12.7. The third-order valence-corrected chi connectivity index (χ3v) is 5.82. The molecule has 0 N–H and O–H groups in total. The summed E-state index contributed by atoms with van der Waals surface area (Å²) in [5, 5.41) is 8.45. The molecule has 0 bridgehead atoms. The molecule has 6 heteroatoms. The summed E-state index contributed by atoms with van der Waals surface area (Å²) < 4.78 is 2.16. The third-order valence-electron chi connectivity index (χ3n) is 4.69. The van der Waals surface area contributed by atoms with Crippen LogP contribution >= 0.6 is 11.3 Å². The van der Waals surface area contributed by atoms with Gasteiger partial charge in [0.2, 0.25) is 5.91 Å². The highest BCUT2D eigenvalue weighted by Crippen LogP contribution is 2.50. The van der Waals surface area contributed by atoms with Gasteiger partial charge in [-0.25, -0.2) is 0 Å². The fraction of sp³-hybridized carbons (Fsp3) is 0.562. The summed E-state index contributed by atoms with van der Waals surface area (Å²) in [6.45, 7) is 6.43. The van der Waals surface area contributed by atoms with Crippen molar-refractivity contribution in [3.8, 4) is 0 Å². The topological polar surface area (TPSA) is 51.0 Å². The zero-order chi connectivity index (χ0) is 15.3. The van der Waals surface area contributed by atoms with E-state index in [1.807, 2.05) is 16.2 Å². The number of fused-ring (bicyclic) bond motifs is 1. The van der Waals surface area contributed by atoms with Crippen molar-refractivity contribution < 1.29 is 4.79 Å². The number of carbonyl (C=O) groups is 1. The predicted molar refractivity (Wildman–Crippen MR) is 84.7 cm³/mol. The second-order valence-electron chi connectivity index (χ2n) is 6.19. The van der Waals surface area contributed by atoms with Crippen molar-refractivity contribution in [3.05, 3.63) is 33.5 Å². The number of thiophene rings is 1. The average Bonchev–Trinajstić information content (AvgIpc) is 3.03. The van der Waals surface area contributed by atoms with E-state index in [0.29, 0.717) is 18.4 Å². The SMILES string of the molecule is CCc1nnc2n1CCN(C(=O)[C@H]1C[C@@H]1c1ccc(C)s1)C2. The van der Waals surface area contributed by atoms with E-state index in [1.54, 1.807) is 0 Å². The smallest absolute Gasteiger partial charge is 0.226 e. The summed E-state index contributed by atoms with van der Waals surface area (Å²) in [7, 11) is 0. The maximum Gasteiger partial charge on any atom is 0.226 e. The van der Waals surface area contributed by atoms with Crippen LogP contribution in [0.3, 0.4) is 0 Å². The van der Waals surface area contributed by atoms with E-state index in [2.05, 4.69) is 40.7 Å². The lowest BCUT2D eigenvalue weighted by molar-refractivity contribution is -0.134. The molecule has 2 atom stereocenters. The highest BCUT2D eigenvalue weighted by atomic mass is 32.1. The van der Waals surface area contributed by atoms with Gasteiger partial charge in [-0.2, -0.15) is 0 Å². The molecule has 3 heterocycles. The van der Waals surface area contributed by atoms with Gasteiger partial charge >= 0.3 is 0 Å². The first-order valence-corrected chi connectivity index (χ1v) is 8.75. The van der Waals surface area contributed by atoms with Crippen LogP contribution < -0.4 is 0 Å². The molecule has 1 aliphatic heterocycles. The van der Waals surface area contributed by atoms with Gasteiger partial charge in [0.05, 0.1) is 6.54 Å². The molecule has 0 aromatic carbocycles. The molecular weight excluding hydrogens is 296 g/mol. The Hall–Kier alpha value is -1.69. The Morgan fingerprint density at radius 3 is 2.95 bits per heavy atom. The Kier molecular flexibility index (Phi) is 3.29. The molecule has 0 spiro atoms. The van der Waals surface area contributed by atoms with Crippen molar-refractivity contribution >= 4 is 17.2 Å². The van der Waals surface area contributed by atoms with E-state index in [-0.39, 0.29) is 5.92 Å². The molecule has 1 saturated carbocycles. The number of hydrogen-bond acceptors (Lipinski definition) is 4. The van der Waals surface area contributed by atoms with E-state index in [1.165, 1.54) is 9.75 Å². The van der Waals surface area contributed by atoms with Gasteiger partial charge < -0.3 is 9.47 Å². The van der Waals surface area contributed by atoms with E-state index in [4.69, 9.17) is 0 Å². The first kappa shape index (κ1) is 13.9. The fourth-order valence-corrected chi connectivity index (χ4v) is 4.39. The van der Waals surface area contributed by atoms with Crippen molar-refractivity contribution in [2.75, 3.05) is 6.54 Å². The van der Waals surface area contributed by atoms with Crippen LogP contribution in [0, 0.1) is 12.8 Å². The number of carbonyl (C=O) groups excluding carboxylic acids is 1. The summed E-state index contributed by atoms with van der Waals surface area (Å²) in [6.07, 6.45) is 1.89. The van der Waals surface area contributed by atoms with Gasteiger partial charge in [-0.3, -0.25) is 4.79 Å². The van der Waals surface area contributed by atoms with Crippen molar-refractivity contribution in [1.29, 1.82) is 0 Å². The number of aromatic nitrogens is 3. The molecule has 2 aliphatic rings. The van der Waals surface area contributed by atoms with Gasteiger partial charge in [-0.1, -0.05) is 6.92 Å². The second-order valence-corrected chi connectivity index (χ2v) is 7.51. The minimum absolute atomic E-state index is 0.179. The summed E-state index contributed by atoms with van der Waals surface area (Å²) >= 11 is 1.82. The molecule has 5 nitrogen and oxygen atoms in total.